The van der Waals surface area contributed by atoms with Gasteiger partial charge in [0.25, 0.3) is 5.91 Å². The number of phenolic OH excluding ortho intramolecular Hbond substituents is 1. The van der Waals surface area contributed by atoms with Crippen LogP contribution in [0.15, 0.2) is 103 Å². The molecule has 0 saturated carbocycles. The molecule has 2 amide bonds. The molecule has 55 heavy (non-hydrogen) atoms. The number of aromatic nitrogens is 3. The summed E-state index contributed by atoms with van der Waals surface area (Å²) in [6.45, 7) is 2.61. The van der Waals surface area contributed by atoms with Gasteiger partial charge in [-0.2, -0.15) is 4.68 Å². The molecule has 11 heteroatoms. The highest BCUT2D eigenvalue weighted by atomic mass is 16.5. The van der Waals surface area contributed by atoms with Gasteiger partial charge in [0.1, 0.15) is 22.8 Å². The Labute approximate surface area is 320 Å². The Kier molecular flexibility index (Phi) is 13.1. The lowest BCUT2D eigenvalue weighted by atomic mass is 10.0. The highest BCUT2D eigenvalue weighted by molar-refractivity contribution is 6.13. The van der Waals surface area contributed by atoms with Crippen molar-refractivity contribution in [1.29, 1.82) is 0 Å². The molecule has 11 nitrogen and oxygen atoms in total. The van der Waals surface area contributed by atoms with Gasteiger partial charge in [0.2, 0.25) is 0 Å². The second-order valence-electron chi connectivity index (χ2n) is 13.5. The first-order valence-corrected chi connectivity index (χ1v) is 19.0. The van der Waals surface area contributed by atoms with E-state index in [0.717, 1.165) is 25.7 Å². The molecule has 0 atom stereocenters. The summed E-state index contributed by atoms with van der Waals surface area (Å²) in [7, 11) is 1.52. The van der Waals surface area contributed by atoms with Crippen LogP contribution in [0.4, 0.5) is 16.2 Å². The van der Waals surface area contributed by atoms with Crippen LogP contribution in [0.25, 0.3) is 21.8 Å². The molecule has 0 radical (unpaired) electrons. The van der Waals surface area contributed by atoms with Gasteiger partial charge in [-0.3, -0.25) is 9.69 Å². The summed E-state index contributed by atoms with van der Waals surface area (Å²) in [6, 6.07) is 28.7. The molecular formula is C44H47N5O6. The van der Waals surface area contributed by atoms with Crippen LogP contribution in [-0.4, -0.2) is 51.7 Å². The Morgan fingerprint density at radius 1 is 0.764 bits per heavy atom. The monoisotopic (exact) mass is 741 g/mol. The van der Waals surface area contributed by atoms with Gasteiger partial charge in [-0.05, 0) is 61.0 Å². The summed E-state index contributed by atoms with van der Waals surface area (Å²) in [5, 5.41) is 23.8. The maximum atomic E-state index is 14.5. The van der Waals surface area contributed by atoms with Crippen LogP contribution in [0.1, 0.15) is 91.8 Å². The number of fused-ring (bicyclic) bond motifs is 2. The summed E-state index contributed by atoms with van der Waals surface area (Å²) in [5.41, 5.74) is 2.15. The molecule has 0 spiro atoms. The topological polar surface area (TPSA) is 136 Å². The van der Waals surface area contributed by atoms with Crippen LogP contribution >= 0.6 is 0 Å². The highest BCUT2D eigenvalue weighted by Gasteiger charge is 2.25. The van der Waals surface area contributed by atoms with E-state index >= 15 is 0 Å². The number of ether oxygens (including phenoxy) is 2. The Morgan fingerprint density at radius 2 is 1.47 bits per heavy atom. The Morgan fingerprint density at radius 3 is 2.22 bits per heavy atom. The number of rotatable bonds is 17. The summed E-state index contributed by atoms with van der Waals surface area (Å²) >= 11 is 0. The number of anilines is 2. The van der Waals surface area contributed by atoms with E-state index in [1.807, 2.05) is 12.1 Å². The standard InChI is InChI=1S/C44H47N5O6/c1-3-4-5-6-7-8-9-10-11-17-29-48(44(53)49-39-28-25-31(30-37(39)46-47-49)43(52)55-32-19-13-12-14-20-32)38-23-18-21-34-33(38)26-27-35(41(34)50)42(51)45-36-22-15-16-24-40(36)54-2/h12-16,18-28,30,50H,3-11,17,29H2,1-2H3,(H,45,51). The number of nitrogens with one attached hydrogen (secondary N) is 1. The fraction of sp³-hybridized carbons (Fsp3) is 0.295. The maximum Gasteiger partial charge on any atom is 0.351 e. The Hall–Kier alpha value is -6.23. The van der Waals surface area contributed by atoms with Crippen LogP contribution in [0.2, 0.25) is 0 Å². The van der Waals surface area contributed by atoms with E-state index < -0.39 is 17.9 Å². The molecule has 6 aromatic rings. The lowest BCUT2D eigenvalue weighted by Gasteiger charge is -2.24. The number of nitrogens with zero attached hydrogens (tertiary/aromatic N) is 4. The SMILES string of the molecule is CCCCCCCCCCCCN(C(=O)n1nnc2cc(C(=O)Oc3ccccc3)ccc21)c1cccc2c(O)c(C(=O)Nc3ccccc3OC)ccc12. The number of benzene rings is 5. The quantitative estimate of drug-likeness (QED) is 0.0536. The van der Waals surface area contributed by atoms with Crippen molar-refractivity contribution in [3.8, 4) is 17.2 Å². The van der Waals surface area contributed by atoms with E-state index in [0.29, 0.717) is 51.2 Å². The molecule has 0 aliphatic carbocycles. The smallest absolute Gasteiger partial charge is 0.351 e. The van der Waals surface area contributed by atoms with Gasteiger partial charge >= 0.3 is 12.0 Å². The zero-order valence-electron chi connectivity index (χ0n) is 31.4. The van der Waals surface area contributed by atoms with Crippen molar-refractivity contribution in [1.82, 2.24) is 15.0 Å². The first-order valence-electron chi connectivity index (χ1n) is 19.0. The number of aromatic hydroxyl groups is 1. The average molecular weight is 742 g/mol. The van der Waals surface area contributed by atoms with Crippen LogP contribution in [-0.2, 0) is 0 Å². The van der Waals surface area contributed by atoms with Crippen molar-refractivity contribution in [2.24, 2.45) is 0 Å². The number of esters is 1. The summed E-state index contributed by atoms with van der Waals surface area (Å²) in [5.74, 6) is -0.362. The Bertz CT molecular complexity index is 2250. The van der Waals surface area contributed by atoms with Crippen LogP contribution < -0.4 is 19.7 Å². The highest BCUT2D eigenvalue weighted by Crippen LogP contribution is 2.36. The maximum absolute atomic E-state index is 14.5. The van der Waals surface area contributed by atoms with E-state index in [-0.39, 0.29) is 16.9 Å². The molecule has 5 aromatic carbocycles. The van der Waals surface area contributed by atoms with Crippen LogP contribution in [0, 0.1) is 0 Å². The van der Waals surface area contributed by atoms with E-state index in [1.165, 1.54) is 50.3 Å². The van der Waals surface area contributed by atoms with Crippen molar-refractivity contribution in [2.45, 2.75) is 71.1 Å². The zero-order valence-corrected chi connectivity index (χ0v) is 31.4. The van der Waals surface area contributed by atoms with Crippen molar-refractivity contribution >= 4 is 51.1 Å². The van der Waals surface area contributed by atoms with Gasteiger partial charge in [0.05, 0.1) is 35.1 Å². The van der Waals surface area contributed by atoms with E-state index in [1.54, 1.807) is 95.9 Å². The van der Waals surface area contributed by atoms with Gasteiger partial charge in [-0.15, -0.1) is 5.10 Å². The fourth-order valence-corrected chi connectivity index (χ4v) is 6.72. The van der Waals surface area contributed by atoms with Gasteiger partial charge in [0, 0.05) is 17.3 Å². The normalized spacial score (nSPS) is 11.1. The minimum atomic E-state index is -0.553. The first kappa shape index (κ1) is 38.5. The molecule has 0 fully saturated rings. The molecule has 2 N–H and O–H groups in total. The number of methoxy groups -OCH3 is 1. The van der Waals surface area contributed by atoms with Crippen molar-refractivity contribution in [3.05, 3.63) is 114 Å². The van der Waals surface area contributed by atoms with Gasteiger partial charge in [-0.1, -0.05) is 118 Å². The molecule has 0 aliphatic rings. The first-order chi connectivity index (χ1) is 26.9. The number of carbonyl (C=O) groups excluding carboxylic acids is 3. The third-order valence-electron chi connectivity index (χ3n) is 9.68. The molecule has 1 aromatic heterocycles. The number of amides is 2. The molecule has 0 aliphatic heterocycles. The number of hydrogen-bond donors (Lipinski definition) is 2. The number of hydrogen-bond acceptors (Lipinski definition) is 8. The molecule has 0 bridgehead atoms. The minimum Gasteiger partial charge on any atom is -0.506 e. The predicted octanol–water partition coefficient (Wildman–Crippen LogP) is 10.2. The molecule has 0 saturated heterocycles. The third-order valence-corrected chi connectivity index (χ3v) is 9.68. The summed E-state index contributed by atoms with van der Waals surface area (Å²) in [6.07, 6.45) is 11.4. The number of phenols is 1. The molecular weight excluding hydrogens is 695 g/mol. The van der Waals surface area contributed by atoms with E-state index in [2.05, 4.69) is 22.6 Å². The molecule has 6 rings (SSSR count). The van der Waals surface area contributed by atoms with Crippen LogP contribution in [0.3, 0.4) is 0 Å². The fourth-order valence-electron chi connectivity index (χ4n) is 6.72. The zero-order chi connectivity index (χ0) is 38.6. The average Bonchev–Trinajstić information content (AvgIpc) is 3.64. The third kappa shape index (κ3) is 9.29. The summed E-state index contributed by atoms with van der Waals surface area (Å²) in [4.78, 5) is 42.4. The minimum absolute atomic E-state index is 0.0759. The number of unbranched alkanes of at least 4 members (excludes halogenated alkanes) is 9. The number of carbonyl (C=O) groups is 3. The van der Waals surface area contributed by atoms with Crippen molar-refractivity contribution in [3.63, 3.8) is 0 Å². The predicted molar refractivity (Wildman–Crippen MR) is 215 cm³/mol. The number of para-hydroxylation sites is 3. The molecule has 0 unspecified atom stereocenters. The van der Waals surface area contributed by atoms with Crippen LogP contribution in [0.5, 0.6) is 17.2 Å². The summed E-state index contributed by atoms with van der Waals surface area (Å²) < 4.78 is 12.1. The van der Waals surface area contributed by atoms with Gasteiger partial charge in [0.15, 0.2) is 0 Å². The van der Waals surface area contributed by atoms with Gasteiger partial charge < -0.3 is 19.9 Å². The lowest BCUT2D eigenvalue weighted by molar-refractivity contribution is 0.0734. The largest absolute Gasteiger partial charge is 0.506 e. The van der Waals surface area contributed by atoms with E-state index in [9.17, 15) is 19.5 Å². The van der Waals surface area contributed by atoms with Crippen molar-refractivity contribution in [2.75, 3.05) is 23.9 Å². The Balaban J connectivity index is 1.26. The van der Waals surface area contributed by atoms with Gasteiger partial charge in [-0.25, -0.2) is 9.59 Å². The second-order valence-corrected chi connectivity index (χ2v) is 13.5. The molecule has 1 heterocycles. The van der Waals surface area contributed by atoms with Crippen molar-refractivity contribution < 1.29 is 29.0 Å². The molecule has 284 valence electrons. The second kappa shape index (κ2) is 18.7. The lowest BCUT2D eigenvalue weighted by Crippen LogP contribution is -2.36. The van der Waals surface area contributed by atoms with E-state index in [4.69, 9.17) is 9.47 Å².